The second-order valence-corrected chi connectivity index (χ2v) is 7.15. The lowest BCUT2D eigenvalue weighted by molar-refractivity contribution is -0.120. The van der Waals surface area contributed by atoms with Gasteiger partial charge in [0.1, 0.15) is 23.9 Å². The SMILES string of the molecule is Cc1ccc(C(C)NC(=O)CN=C2NS(=O)(=O)c3ccccc32)o1. The predicted octanol–water partition coefficient (Wildman–Crippen LogP) is 1.50. The lowest BCUT2D eigenvalue weighted by Crippen LogP contribution is -2.30. The Hall–Kier alpha value is -2.61. The number of sulfonamides is 1. The Labute approximate surface area is 139 Å². The number of carbonyl (C=O) groups is 1. The van der Waals surface area contributed by atoms with E-state index in [0.29, 0.717) is 11.3 Å². The third kappa shape index (κ3) is 3.18. The van der Waals surface area contributed by atoms with Crippen molar-refractivity contribution in [3.8, 4) is 0 Å². The molecule has 1 amide bonds. The second-order valence-electron chi connectivity index (χ2n) is 5.50. The number of fused-ring (bicyclic) bond motifs is 1. The largest absolute Gasteiger partial charge is 0.464 e. The molecule has 8 heteroatoms. The number of hydrogen-bond donors (Lipinski definition) is 2. The molecule has 0 spiro atoms. The fourth-order valence-electron chi connectivity index (χ4n) is 2.45. The van der Waals surface area contributed by atoms with Crippen molar-refractivity contribution in [2.75, 3.05) is 6.54 Å². The molecule has 3 rings (SSSR count). The van der Waals surface area contributed by atoms with Gasteiger partial charge in [-0.15, -0.1) is 0 Å². The number of amidine groups is 1. The fraction of sp³-hybridized carbons (Fsp3) is 0.250. The molecule has 2 heterocycles. The average molecular weight is 347 g/mol. The van der Waals surface area contributed by atoms with Crippen molar-refractivity contribution in [1.29, 1.82) is 0 Å². The first-order chi connectivity index (χ1) is 11.4. The first kappa shape index (κ1) is 16.3. The molecule has 126 valence electrons. The van der Waals surface area contributed by atoms with Crippen LogP contribution in [0.5, 0.6) is 0 Å². The molecule has 0 aliphatic carbocycles. The maximum Gasteiger partial charge on any atom is 0.263 e. The third-order valence-electron chi connectivity index (χ3n) is 3.61. The van der Waals surface area contributed by atoms with Gasteiger partial charge in [0.05, 0.1) is 10.9 Å². The summed E-state index contributed by atoms with van der Waals surface area (Å²) in [7, 11) is -3.59. The summed E-state index contributed by atoms with van der Waals surface area (Å²) in [6.07, 6.45) is 0. The minimum atomic E-state index is -3.59. The predicted molar refractivity (Wildman–Crippen MR) is 88.2 cm³/mol. The van der Waals surface area contributed by atoms with Crippen LogP contribution in [0.4, 0.5) is 0 Å². The summed E-state index contributed by atoms with van der Waals surface area (Å²) in [6.45, 7) is 3.45. The van der Waals surface area contributed by atoms with Crippen molar-refractivity contribution >= 4 is 21.8 Å². The lowest BCUT2D eigenvalue weighted by atomic mass is 10.2. The number of hydrogen-bond acceptors (Lipinski definition) is 5. The van der Waals surface area contributed by atoms with E-state index in [1.54, 1.807) is 31.2 Å². The molecule has 0 saturated carbocycles. The Morgan fingerprint density at radius 2 is 2.04 bits per heavy atom. The molecule has 24 heavy (non-hydrogen) atoms. The van der Waals surface area contributed by atoms with Crippen molar-refractivity contribution in [1.82, 2.24) is 10.0 Å². The van der Waals surface area contributed by atoms with Crippen LogP contribution in [0.15, 0.2) is 50.7 Å². The van der Waals surface area contributed by atoms with Gasteiger partial charge in [-0.05, 0) is 38.1 Å². The number of furan rings is 1. The molecule has 2 aromatic rings. The average Bonchev–Trinajstić information content (AvgIpc) is 3.08. The highest BCUT2D eigenvalue weighted by atomic mass is 32.2. The summed E-state index contributed by atoms with van der Waals surface area (Å²) in [5.41, 5.74) is 0.472. The van der Waals surface area contributed by atoms with Crippen molar-refractivity contribution in [2.24, 2.45) is 4.99 Å². The molecule has 1 aliphatic rings. The summed E-state index contributed by atoms with van der Waals surface area (Å²) in [5, 5.41) is 2.76. The van der Waals surface area contributed by atoms with E-state index in [1.807, 2.05) is 13.0 Å². The minimum Gasteiger partial charge on any atom is -0.464 e. The number of nitrogens with zero attached hydrogens (tertiary/aromatic N) is 1. The van der Waals surface area contributed by atoms with Gasteiger partial charge in [0.15, 0.2) is 0 Å². The normalized spacial score (nSPS) is 18.0. The highest BCUT2D eigenvalue weighted by Gasteiger charge is 2.30. The van der Waals surface area contributed by atoms with Crippen LogP contribution in [-0.2, 0) is 14.8 Å². The molecule has 1 unspecified atom stereocenters. The molecule has 0 bridgehead atoms. The van der Waals surface area contributed by atoms with Crippen molar-refractivity contribution < 1.29 is 17.6 Å². The quantitative estimate of drug-likeness (QED) is 0.875. The van der Waals surface area contributed by atoms with Gasteiger partial charge in [-0.25, -0.2) is 8.42 Å². The Morgan fingerprint density at radius 3 is 2.75 bits per heavy atom. The van der Waals surface area contributed by atoms with Crippen LogP contribution in [0.1, 0.15) is 30.0 Å². The van der Waals surface area contributed by atoms with E-state index >= 15 is 0 Å². The summed E-state index contributed by atoms with van der Waals surface area (Å²) in [6, 6.07) is 9.84. The fourth-order valence-corrected chi connectivity index (χ4v) is 3.70. The highest BCUT2D eigenvalue weighted by Crippen LogP contribution is 2.22. The molecular weight excluding hydrogens is 330 g/mol. The maximum absolute atomic E-state index is 12.0. The third-order valence-corrected chi connectivity index (χ3v) is 5.01. The van der Waals surface area contributed by atoms with E-state index in [1.165, 1.54) is 6.07 Å². The molecule has 1 aliphatic heterocycles. The zero-order valence-corrected chi connectivity index (χ0v) is 14.1. The van der Waals surface area contributed by atoms with Crippen LogP contribution in [0, 0.1) is 6.92 Å². The van der Waals surface area contributed by atoms with Crippen LogP contribution in [-0.4, -0.2) is 26.7 Å². The summed E-state index contributed by atoms with van der Waals surface area (Å²) >= 11 is 0. The number of nitrogens with one attached hydrogen (secondary N) is 2. The molecular formula is C16H17N3O4S. The van der Waals surface area contributed by atoms with Gasteiger partial charge >= 0.3 is 0 Å². The molecule has 1 aromatic heterocycles. The lowest BCUT2D eigenvalue weighted by Gasteiger charge is -2.10. The number of aryl methyl sites for hydroxylation is 1. The zero-order valence-electron chi connectivity index (χ0n) is 13.2. The van der Waals surface area contributed by atoms with E-state index in [2.05, 4.69) is 15.0 Å². The van der Waals surface area contributed by atoms with Gasteiger partial charge in [-0.3, -0.25) is 14.5 Å². The van der Waals surface area contributed by atoms with Crippen molar-refractivity contribution in [3.05, 3.63) is 53.5 Å². The first-order valence-electron chi connectivity index (χ1n) is 7.39. The van der Waals surface area contributed by atoms with Gasteiger partial charge in [0.25, 0.3) is 10.0 Å². The number of benzene rings is 1. The van der Waals surface area contributed by atoms with E-state index in [4.69, 9.17) is 4.42 Å². The number of amides is 1. The Balaban J connectivity index is 1.69. The summed E-state index contributed by atoms with van der Waals surface area (Å²) < 4.78 is 31.8. The van der Waals surface area contributed by atoms with Gasteiger partial charge in [-0.1, -0.05) is 12.1 Å². The Bertz CT molecular complexity index is 915. The van der Waals surface area contributed by atoms with E-state index < -0.39 is 10.0 Å². The number of aliphatic imine (C=N–C) groups is 1. The van der Waals surface area contributed by atoms with Crippen LogP contribution >= 0.6 is 0 Å². The highest BCUT2D eigenvalue weighted by molar-refractivity contribution is 7.90. The molecule has 0 saturated heterocycles. The first-order valence-corrected chi connectivity index (χ1v) is 8.87. The standard InChI is InChI=1S/C16H17N3O4S/c1-10-7-8-13(23-10)11(2)18-15(20)9-17-16-12-5-3-4-6-14(12)24(21,22)19-16/h3-8,11H,9H2,1-2H3,(H,17,19)(H,18,20). The van der Waals surface area contributed by atoms with E-state index in [-0.39, 0.29) is 29.2 Å². The minimum absolute atomic E-state index is 0.170. The molecule has 1 atom stereocenters. The number of carbonyl (C=O) groups excluding carboxylic acids is 1. The summed E-state index contributed by atoms with van der Waals surface area (Å²) in [5.74, 6) is 1.28. The maximum atomic E-state index is 12.0. The van der Waals surface area contributed by atoms with Crippen LogP contribution in [0.3, 0.4) is 0 Å². The van der Waals surface area contributed by atoms with Gasteiger partial charge in [0.2, 0.25) is 5.91 Å². The van der Waals surface area contributed by atoms with Gasteiger partial charge in [-0.2, -0.15) is 0 Å². The monoisotopic (exact) mass is 347 g/mol. The molecule has 0 radical (unpaired) electrons. The number of rotatable bonds is 4. The topological polar surface area (TPSA) is 101 Å². The zero-order chi connectivity index (χ0) is 17.3. The van der Waals surface area contributed by atoms with Crippen LogP contribution in [0.25, 0.3) is 0 Å². The van der Waals surface area contributed by atoms with Gasteiger partial charge < -0.3 is 9.73 Å². The summed E-state index contributed by atoms with van der Waals surface area (Å²) in [4.78, 5) is 16.3. The Kier molecular flexibility index (Phi) is 4.15. The molecule has 1 aromatic carbocycles. The second kappa shape index (κ2) is 6.12. The Morgan fingerprint density at radius 1 is 1.29 bits per heavy atom. The molecule has 0 fully saturated rings. The molecule has 7 nitrogen and oxygen atoms in total. The van der Waals surface area contributed by atoms with E-state index in [9.17, 15) is 13.2 Å². The van der Waals surface area contributed by atoms with Crippen molar-refractivity contribution in [2.45, 2.75) is 24.8 Å². The van der Waals surface area contributed by atoms with E-state index in [0.717, 1.165) is 5.76 Å². The van der Waals surface area contributed by atoms with Crippen molar-refractivity contribution in [3.63, 3.8) is 0 Å². The van der Waals surface area contributed by atoms with Crippen LogP contribution < -0.4 is 10.0 Å². The smallest absolute Gasteiger partial charge is 0.263 e. The molecule has 2 N–H and O–H groups in total. The van der Waals surface area contributed by atoms with Gasteiger partial charge in [0, 0.05) is 5.56 Å². The van der Waals surface area contributed by atoms with Crippen LogP contribution in [0.2, 0.25) is 0 Å².